The molecule has 0 bridgehead atoms. The topological polar surface area (TPSA) is 87.3 Å². The van der Waals surface area contributed by atoms with Crippen LogP contribution in [0.5, 0.6) is 0 Å². The summed E-state index contributed by atoms with van der Waals surface area (Å²) in [6.45, 7) is 2.08. The molecule has 6 nitrogen and oxygen atoms in total. The summed E-state index contributed by atoms with van der Waals surface area (Å²) < 4.78 is 0. The molecule has 0 spiro atoms. The van der Waals surface area contributed by atoms with Gasteiger partial charge in [0.2, 0.25) is 0 Å². The Morgan fingerprint density at radius 1 is 0.906 bits per heavy atom. The Bertz CT molecular complexity index is 1660. The summed E-state index contributed by atoms with van der Waals surface area (Å²) in [7, 11) is 0. The van der Waals surface area contributed by atoms with E-state index in [1.165, 1.54) is 4.88 Å². The first-order chi connectivity index (χ1) is 15.7. The Balaban J connectivity index is 1.64. The predicted octanol–water partition coefficient (Wildman–Crippen LogP) is 5.57. The average molecular weight is 436 g/mol. The highest BCUT2D eigenvalue weighted by molar-refractivity contribution is 7.15. The fourth-order valence-electron chi connectivity index (χ4n) is 3.94. The van der Waals surface area contributed by atoms with E-state index in [0.29, 0.717) is 17.0 Å². The first kappa shape index (κ1) is 18.7. The number of aromatic nitrogens is 5. The van der Waals surface area contributed by atoms with Crippen molar-refractivity contribution < 1.29 is 0 Å². The predicted molar refractivity (Wildman–Crippen MR) is 129 cm³/mol. The Kier molecular flexibility index (Phi) is 4.22. The maximum atomic E-state index is 12.7. The number of nitrogens with one attached hydrogen (secondary N) is 2. The molecule has 7 heteroatoms. The number of fused-ring (bicyclic) bond motifs is 2. The monoisotopic (exact) mass is 435 g/mol. The third-order valence-electron chi connectivity index (χ3n) is 5.47. The largest absolute Gasteiger partial charge is 0.344 e. The van der Waals surface area contributed by atoms with Gasteiger partial charge in [0.05, 0.1) is 21.7 Å². The summed E-state index contributed by atoms with van der Waals surface area (Å²) in [5.74, 6) is 0.532. The molecule has 32 heavy (non-hydrogen) atoms. The SMILES string of the molecule is Cc1ccc(-c2nc3[nH]c(=O)c(-c4ncc[nH]4)cc3cc2-c2ccc3ncccc3c2)s1. The quantitative estimate of drug-likeness (QED) is 0.381. The molecule has 5 heterocycles. The number of benzene rings is 1. The van der Waals surface area contributed by atoms with Crippen LogP contribution < -0.4 is 5.56 Å². The summed E-state index contributed by atoms with van der Waals surface area (Å²) in [6.07, 6.45) is 5.13. The second-order valence-corrected chi connectivity index (χ2v) is 8.88. The van der Waals surface area contributed by atoms with Gasteiger partial charge in [-0.15, -0.1) is 11.3 Å². The van der Waals surface area contributed by atoms with Crippen molar-refractivity contribution in [3.63, 3.8) is 0 Å². The molecule has 0 radical (unpaired) electrons. The molecule has 0 atom stereocenters. The molecular formula is C25H17N5OS. The molecule has 0 unspecified atom stereocenters. The van der Waals surface area contributed by atoms with Gasteiger partial charge in [0.15, 0.2) is 0 Å². The number of H-pyrrole nitrogens is 2. The van der Waals surface area contributed by atoms with Crippen molar-refractivity contribution in [1.29, 1.82) is 0 Å². The van der Waals surface area contributed by atoms with Crippen LogP contribution in [0.15, 0.2) is 78.0 Å². The minimum atomic E-state index is -0.224. The van der Waals surface area contributed by atoms with Crippen LogP contribution >= 0.6 is 11.3 Å². The average Bonchev–Trinajstić information content (AvgIpc) is 3.49. The molecule has 6 rings (SSSR count). The van der Waals surface area contributed by atoms with E-state index in [9.17, 15) is 4.79 Å². The molecule has 5 aromatic heterocycles. The molecule has 0 saturated heterocycles. The molecule has 0 aliphatic heterocycles. The third kappa shape index (κ3) is 3.11. The minimum absolute atomic E-state index is 0.224. The van der Waals surface area contributed by atoms with E-state index in [1.807, 2.05) is 18.2 Å². The van der Waals surface area contributed by atoms with Crippen molar-refractivity contribution in [2.24, 2.45) is 0 Å². The van der Waals surface area contributed by atoms with E-state index in [0.717, 1.165) is 38.0 Å². The number of nitrogens with zero attached hydrogens (tertiary/aromatic N) is 3. The molecule has 1 aromatic carbocycles. The molecule has 0 saturated carbocycles. The second-order valence-electron chi connectivity index (χ2n) is 7.59. The highest BCUT2D eigenvalue weighted by Crippen LogP contribution is 2.37. The van der Waals surface area contributed by atoms with E-state index in [1.54, 1.807) is 29.9 Å². The Morgan fingerprint density at radius 2 is 1.81 bits per heavy atom. The molecule has 0 aliphatic carbocycles. The number of hydrogen-bond acceptors (Lipinski definition) is 5. The Labute approximate surface area is 186 Å². The van der Waals surface area contributed by atoms with Crippen LogP contribution in [0.4, 0.5) is 0 Å². The lowest BCUT2D eigenvalue weighted by molar-refractivity contribution is 1.21. The maximum Gasteiger partial charge on any atom is 0.260 e. The van der Waals surface area contributed by atoms with E-state index in [-0.39, 0.29) is 5.56 Å². The standard InChI is InChI=1S/C25H17N5OS/c1-14-4-7-21(32-14)22-18(15-5-6-20-16(11-15)3-2-8-26-20)12-17-13-19(24-27-9-10-28-24)25(31)30-23(17)29-22/h2-13H,1H3,(H,27,28)(H,29,30,31). The molecule has 2 N–H and O–H groups in total. The molecule has 0 fully saturated rings. The van der Waals surface area contributed by atoms with Crippen LogP contribution in [0.3, 0.4) is 0 Å². The van der Waals surface area contributed by atoms with Crippen molar-refractivity contribution in [3.8, 4) is 33.1 Å². The number of aromatic amines is 2. The number of pyridine rings is 3. The Morgan fingerprint density at radius 3 is 2.62 bits per heavy atom. The van der Waals surface area contributed by atoms with Crippen molar-refractivity contribution in [3.05, 3.63) is 88.4 Å². The highest BCUT2D eigenvalue weighted by atomic mass is 32.1. The zero-order chi connectivity index (χ0) is 21.7. The molecule has 0 aliphatic rings. The first-order valence-electron chi connectivity index (χ1n) is 10.2. The number of aryl methyl sites for hydroxylation is 1. The third-order valence-corrected chi connectivity index (χ3v) is 6.48. The first-order valence-corrected chi connectivity index (χ1v) is 11.0. The summed E-state index contributed by atoms with van der Waals surface area (Å²) in [5, 5.41) is 1.91. The van der Waals surface area contributed by atoms with E-state index < -0.39 is 0 Å². The zero-order valence-electron chi connectivity index (χ0n) is 17.1. The van der Waals surface area contributed by atoms with Crippen LogP contribution in [-0.4, -0.2) is 24.9 Å². The summed E-state index contributed by atoms with van der Waals surface area (Å²) in [4.78, 5) is 34.5. The van der Waals surface area contributed by atoms with Gasteiger partial charge in [0.25, 0.3) is 5.56 Å². The maximum absolute atomic E-state index is 12.7. The molecule has 0 amide bonds. The second kappa shape index (κ2) is 7.25. The molecule has 154 valence electrons. The summed E-state index contributed by atoms with van der Waals surface area (Å²) >= 11 is 1.69. The highest BCUT2D eigenvalue weighted by Gasteiger charge is 2.16. The molecule has 6 aromatic rings. The smallest absolute Gasteiger partial charge is 0.260 e. The van der Waals surface area contributed by atoms with E-state index in [4.69, 9.17) is 4.98 Å². The van der Waals surface area contributed by atoms with Gasteiger partial charge in [0.1, 0.15) is 11.5 Å². The van der Waals surface area contributed by atoms with Crippen molar-refractivity contribution >= 4 is 33.3 Å². The number of hydrogen-bond donors (Lipinski definition) is 2. The summed E-state index contributed by atoms with van der Waals surface area (Å²) in [5.41, 5.74) is 4.66. The number of rotatable bonds is 3. The van der Waals surface area contributed by atoms with Gasteiger partial charge in [-0.1, -0.05) is 12.1 Å². The fourth-order valence-corrected chi connectivity index (χ4v) is 4.81. The Hall–Kier alpha value is -4.10. The van der Waals surface area contributed by atoms with Crippen molar-refractivity contribution in [1.82, 2.24) is 24.9 Å². The van der Waals surface area contributed by atoms with Gasteiger partial charge in [-0.25, -0.2) is 9.97 Å². The van der Waals surface area contributed by atoms with Gasteiger partial charge in [-0.2, -0.15) is 0 Å². The van der Waals surface area contributed by atoms with Crippen molar-refractivity contribution in [2.45, 2.75) is 6.92 Å². The van der Waals surface area contributed by atoms with Crippen molar-refractivity contribution in [2.75, 3.05) is 0 Å². The number of imidazole rings is 1. The van der Waals surface area contributed by atoms with Gasteiger partial charge in [-0.3, -0.25) is 9.78 Å². The lowest BCUT2D eigenvalue weighted by Gasteiger charge is -2.11. The summed E-state index contributed by atoms with van der Waals surface area (Å²) in [6, 6.07) is 18.3. The van der Waals surface area contributed by atoms with Gasteiger partial charge in [-0.05, 0) is 55.0 Å². The normalized spacial score (nSPS) is 11.4. The van der Waals surface area contributed by atoms with Crippen LogP contribution in [0.25, 0.3) is 55.0 Å². The zero-order valence-corrected chi connectivity index (χ0v) is 17.9. The fraction of sp³-hybridized carbons (Fsp3) is 0.0400. The lowest BCUT2D eigenvalue weighted by atomic mass is 9.99. The van der Waals surface area contributed by atoms with Crippen LogP contribution in [0.1, 0.15) is 4.88 Å². The van der Waals surface area contributed by atoms with Crippen LogP contribution in [0, 0.1) is 6.92 Å². The molecular weight excluding hydrogens is 418 g/mol. The van der Waals surface area contributed by atoms with Gasteiger partial charge < -0.3 is 9.97 Å². The lowest BCUT2D eigenvalue weighted by Crippen LogP contribution is -2.10. The van der Waals surface area contributed by atoms with Crippen LogP contribution in [0.2, 0.25) is 0 Å². The van der Waals surface area contributed by atoms with Gasteiger partial charge >= 0.3 is 0 Å². The van der Waals surface area contributed by atoms with Gasteiger partial charge in [0, 0.05) is 39.8 Å². The van der Waals surface area contributed by atoms with E-state index >= 15 is 0 Å². The number of thiophene rings is 1. The minimum Gasteiger partial charge on any atom is -0.344 e. The van der Waals surface area contributed by atoms with Crippen LogP contribution in [-0.2, 0) is 0 Å². The van der Waals surface area contributed by atoms with E-state index in [2.05, 4.69) is 63.3 Å².